The van der Waals surface area contributed by atoms with Gasteiger partial charge >= 0.3 is 0 Å². The predicted molar refractivity (Wildman–Crippen MR) is 69.6 cm³/mol. The Hall–Kier alpha value is -0.980. The standard InChI is InChI=1S/C13H23N3O3/c1-3-18-13(6-4-5-7-13)12-15-11(19-16-12)8-10(9-14)17-2/h10H,3-9,14H2,1-2H3. The quantitative estimate of drug-likeness (QED) is 0.805. The monoisotopic (exact) mass is 269 g/mol. The minimum Gasteiger partial charge on any atom is -0.380 e. The van der Waals surface area contributed by atoms with Crippen LogP contribution in [-0.2, 0) is 21.5 Å². The van der Waals surface area contributed by atoms with E-state index in [0.717, 1.165) is 25.7 Å². The summed E-state index contributed by atoms with van der Waals surface area (Å²) >= 11 is 0. The zero-order valence-electron chi connectivity index (χ0n) is 11.7. The van der Waals surface area contributed by atoms with Gasteiger partial charge in [0, 0.05) is 20.3 Å². The van der Waals surface area contributed by atoms with Gasteiger partial charge in [-0.25, -0.2) is 0 Å². The second-order valence-electron chi connectivity index (χ2n) is 4.94. The molecule has 1 fully saturated rings. The van der Waals surface area contributed by atoms with E-state index in [-0.39, 0.29) is 11.7 Å². The highest BCUT2D eigenvalue weighted by Crippen LogP contribution is 2.40. The van der Waals surface area contributed by atoms with Crippen molar-refractivity contribution in [3.05, 3.63) is 11.7 Å². The van der Waals surface area contributed by atoms with Gasteiger partial charge < -0.3 is 19.7 Å². The molecule has 0 aliphatic heterocycles. The molecule has 0 radical (unpaired) electrons. The van der Waals surface area contributed by atoms with Crippen LogP contribution in [0.3, 0.4) is 0 Å². The summed E-state index contributed by atoms with van der Waals surface area (Å²) in [5.41, 5.74) is 5.25. The second-order valence-corrected chi connectivity index (χ2v) is 4.94. The molecule has 0 aromatic carbocycles. The lowest BCUT2D eigenvalue weighted by molar-refractivity contribution is -0.0469. The van der Waals surface area contributed by atoms with Gasteiger partial charge in [-0.1, -0.05) is 5.16 Å². The molecule has 6 heteroatoms. The van der Waals surface area contributed by atoms with E-state index in [9.17, 15) is 0 Å². The number of nitrogens with zero attached hydrogens (tertiary/aromatic N) is 2. The number of aromatic nitrogens is 2. The highest BCUT2D eigenvalue weighted by molar-refractivity contribution is 5.05. The fourth-order valence-electron chi connectivity index (χ4n) is 2.64. The van der Waals surface area contributed by atoms with Gasteiger partial charge in [-0.2, -0.15) is 4.98 Å². The van der Waals surface area contributed by atoms with Crippen molar-refractivity contribution in [2.24, 2.45) is 5.73 Å². The van der Waals surface area contributed by atoms with Crippen LogP contribution in [0.2, 0.25) is 0 Å². The average molecular weight is 269 g/mol. The van der Waals surface area contributed by atoms with Crippen molar-refractivity contribution in [2.75, 3.05) is 20.3 Å². The van der Waals surface area contributed by atoms with E-state index in [0.29, 0.717) is 31.3 Å². The van der Waals surface area contributed by atoms with Gasteiger partial charge in [-0.3, -0.25) is 0 Å². The number of hydrogen-bond donors (Lipinski definition) is 1. The van der Waals surface area contributed by atoms with E-state index in [1.165, 1.54) is 0 Å². The Bertz CT molecular complexity index is 384. The maximum Gasteiger partial charge on any atom is 0.229 e. The van der Waals surface area contributed by atoms with Crippen molar-refractivity contribution in [1.82, 2.24) is 10.1 Å². The molecule has 108 valence electrons. The van der Waals surface area contributed by atoms with Gasteiger partial charge in [0.1, 0.15) is 5.60 Å². The molecule has 1 aromatic rings. The highest BCUT2D eigenvalue weighted by atomic mass is 16.5. The first-order valence-electron chi connectivity index (χ1n) is 6.94. The van der Waals surface area contributed by atoms with Crippen LogP contribution in [0.5, 0.6) is 0 Å². The van der Waals surface area contributed by atoms with Crippen LogP contribution in [0, 0.1) is 0 Å². The number of hydrogen-bond acceptors (Lipinski definition) is 6. The molecule has 1 aromatic heterocycles. The zero-order valence-corrected chi connectivity index (χ0v) is 11.7. The molecule has 1 saturated carbocycles. The van der Waals surface area contributed by atoms with Crippen LogP contribution in [0.25, 0.3) is 0 Å². The van der Waals surface area contributed by atoms with E-state index in [1.807, 2.05) is 6.92 Å². The number of rotatable bonds is 7. The van der Waals surface area contributed by atoms with E-state index in [4.69, 9.17) is 19.7 Å². The molecule has 6 nitrogen and oxygen atoms in total. The summed E-state index contributed by atoms with van der Waals surface area (Å²) in [6.07, 6.45) is 4.68. The van der Waals surface area contributed by atoms with Crippen LogP contribution in [-0.4, -0.2) is 36.5 Å². The molecule has 0 saturated heterocycles. The van der Waals surface area contributed by atoms with Crippen molar-refractivity contribution >= 4 is 0 Å². The Kier molecular flexibility index (Phi) is 4.90. The van der Waals surface area contributed by atoms with Crippen LogP contribution in [0.15, 0.2) is 4.52 Å². The number of nitrogens with two attached hydrogens (primary N) is 1. The molecule has 0 amide bonds. The van der Waals surface area contributed by atoms with Crippen LogP contribution >= 0.6 is 0 Å². The van der Waals surface area contributed by atoms with Crippen molar-refractivity contribution in [3.8, 4) is 0 Å². The van der Waals surface area contributed by atoms with Gasteiger partial charge in [0.2, 0.25) is 11.7 Å². The maximum absolute atomic E-state index is 5.91. The lowest BCUT2D eigenvalue weighted by Crippen LogP contribution is -2.28. The Morgan fingerprint density at radius 1 is 1.42 bits per heavy atom. The molecule has 19 heavy (non-hydrogen) atoms. The maximum atomic E-state index is 5.91. The summed E-state index contributed by atoms with van der Waals surface area (Å²) in [6, 6.07) is 0. The lowest BCUT2D eigenvalue weighted by Gasteiger charge is -2.24. The molecule has 0 spiro atoms. The summed E-state index contributed by atoms with van der Waals surface area (Å²) in [5.74, 6) is 1.24. The molecule has 0 bridgehead atoms. The minimum absolute atomic E-state index is 0.0834. The molecule has 1 heterocycles. The first-order valence-corrected chi connectivity index (χ1v) is 6.94. The first kappa shape index (κ1) is 14.4. The average Bonchev–Trinajstić information content (AvgIpc) is 3.06. The third kappa shape index (κ3) is 3.13. The summed E-state index contributed by atoms with van der Waals surface area (Å²) in [7, 11) is 1.63. The summed E-state index contributed by atoms with van der Waals surface area (Å²) in [4.78, 5) is 4.48. The van der Waals surface area contributed by atoms with Gasteiger partial charge in [-0.15, -0.1) is 0 Å². The molecule has 1 aliphatic rings. The molecular formula is C13H23N3O3. The normalized spacial score (nSPS) is 19.7. The summed E-state index contributed by atoms with van der Waals surface area (Å²) in [6.45, 7) is 3.09. The molecule has 2 rings (SSSR count). The van der Waals surface area contributed by atoms with Crippen LogP contribution in [0.1, 0.15) is 44.3 Å². The van der Waals surface area contributed by atoms with Gasteiger partial charge in [0.25, 0.3) is 0 Å². The Morgan fingerprint density at radius 2 is 2.16 bits per heavy atom. The Morgan fingerprint density at radius 3 is 2.74 bits per heavy atom. The Labute approximate surface area is 113 Å². The fourth-order valence-corrected chi connectivity index (χ4v) is 2.64. The third-order valence-electron chi connectivity index (χ3n) is 3.71. The molecule has 2 N–H and O–H groups in total. The Balaban J connectivity index is 2.10. The molecule has 1 unspecified atom stereocenters. The van der Waals surface area contributed by atoms with Crippen molar-refractivity contribution in [3.63, 3.8) is 0 Å². The van der Waals surface area contributed by atoms with Crippen molar-refractivity contribution < 1.29 is 14.0 Å². The number of methoxy groups -OCH3 is 1. The zero-order chi connectivity index (χ0) is 13.7. The largest absolute Gasteiger partial charge is 0.380 e. The van der Waals surface area contributed by atoms with E-state index < -0.39 is 0 Å². The minimum atomic E-state index is -0.345. The van der Waals surface area contributed by atoms with Gasteiger partial charge in [-0.05, 0) is 32.6 Å². The SMILES string of the molecule is CCOC1(c2noc(CC(CN)OC)n2)CCCC1. The van der Waals surface area contributed by atoms with E-state index >= 15 is 0 Å². The van der Waals surface area contributed by atoms with Gasteiger partial charge in [0.15, 0.2) is 0 Å². The van der Waals surface area contributed by atoms with Crippen molar-refractivity contribution in [1.29, 1.82) is 0 Å². The van der Waals surface area contributed by atoms with E-state index in [1.54, 1.807) is 7.11 Å². The fraction of sp³-hybridized carbons (Fsp3) is 0.846. The third-order valence-corrected chi connectivity index (χ3v) is 3.71. The summed E-state index contributed by atoms with van der Waals surface area (Å²) in [5, 5.41) is 4.10. The van der Waals surface area contributed by atoms with Crippen LogP contribution in [0.4, 0.5) is 0 Å². The van der Waals surface area contributed by atoms with Crippen LogP contribution < -0.4 is 5.73 Å². The van der Waals surface area contributed by atoms with Gasteiger partial charge in [0.05, 0.1) is 12.5 Å². The summed E-state index contributed by atoms with van der Waals surface area (Å²) < 4.78 is 16.4. The van der Waals surface area contributed by atoms with Crippen molar-refractivity contribution in [2.45, 2.75) is 50.7 Å². The number of ether oxygens (including phenoxy) is 2. The highest BCUT2D eigenvalue weighted by Gasteiger charge is 2.40. The molecule has 1 aliphatic carbocycles. The topological polar surface area (TPSA) is 83.4 Å². The smallest absolute Gasteiger partial charge is 0.229 e. The predicted octanol–water partition coefficient (Wildman–Crippen LogP) is 1.39. The second kappa shape index (κ2) is 6.45. The first-order chi connectivity index (χ1) is 9.24. The van der Waals surface area contributed by atoms with E-state index in [2.05, 4.69) is 10.1 Å². The lowest BCUT2D eigenvalue weighted by atomic mass is 10.0. The molecular weight excluding hydrogens is 246 g/mol. The molecule has 1 atom stereocenters.